The Bertz CT molecular complexity index is 615. The molecule has 2 N–H and O–H groups in total. The molecule has 23 heavy (non-hydrogen) atoms. The van der Waals surface area contributed by atoms with Gasteiger partial charge in [0.05, 0.1) is 6.54 Å². The molecule has 1 aromatic carbocycles. The van der Waals surface area contributed by atoms with E-state index in [-0.39, 0.29) is 18.5 Å². The number of benzene rings is 1. The van der Waals surface area contributed by atoms with Gasteiger partial charge in [-0.05, 0) is 26.0 Å². The van der Waals surface area contributed by atoms with Crippen molar-refractivity contribution in [3.05, 3.63) is 59.9 Å². The monoisotopic (exact) mass is 313 g/mol. The van der Waals surface area contributed by atoms with Gasteiger partial charge in [-0.25, -0.2) is 0 Å². The molecule has 0 aliphatic heterocycles. The molecular formula is C18H23N3O2. The van der Waals surface area contributed by atoms with Crippen molar-refractivity contribution in [3.63, 3.8) is 0 Å². The van der Waals surface area contributed by atoms with E-state index in [1.807, 2.05) is 50.2 Å². The molecular weight excluding hydrogens is 290 g/mol. The maximum absolute atomic E-state index is 11.6. The molecule has 0 atom stereocenters. The van der Waals surface area contributed by atoms with Gasteiger partial charge in [0.25, 0.3) is 0 Å². The van der Waals surface area contributed by atoms with Crippen LogP contribution in [0.25, 0.3) is 0 Å². The Labute approximate surface area is 137 Å². The molecule has 122 valence electrons. The van der Waals surface area contributed by atoms with Crippen LogP contribution < -0.4 is 15.4 Å². The summed E-state index contributed by atoms with van der Waals surface area (Å²) in [5.74, 6) is 0.807. The van der Waals surface area contributed by atoms with Gasteiger partial charge in [0, 0.05) is 36.1 Å². The molecule has 1 heterocycles. The van der Waals surface area contributed by atoms with Crippen LogP contribution in [0.1, 0.15) is 25.0 Å². The predicted octanol–water partition coefficient (Wildman–Crippen LogP) is 2.27. The van der Waals surface area contributed by atoms with E-state index in [2.05, 4.69) is 15.6 Å². The van der Waals surface area contributed by atoms with Crippen LogP contribution in [-0.2, 0) is 17.9 Å². The minimum Gasteiger partial charge on any atom is -0.489 e. The first-order valence-electron chi connectivity index (χ1n) is 7.75. The number of amides is 1. The van der Waals surface area contributed by atoms with Gasteiger partial charge in [0.1, 0.15) is 12.4 Å². The van der Waals surface area contributed by atoms with E-state index >= 15 is 0 Å². The molecule has 2 rings (SSSR count). The second-order valence-corrected chi connectivity index (χ2v) is 5.58. The zero-order chi connectivity index (χ0) is 16.5. The van der Waals surface area contributed by atoms with Gasteiger partial charge in [0.2, 0.25) is 5.91 Å². The van der Waals surface area contributed by atoms with Crippen LogP contribution in [0, 0.1) is 0 Å². The average molecular weight is 313 g/mol. The van der Waals surface area contributed by atoms with Crippen LogP contribution in [0.2, 0.25) is 0 Å². The lowest BCUT2D eigenvalue weighted by molar-refractivity contribution is -0.120. The number of nitrogens with zero attached hydrogens (tertiary/aromatic N) is 1. The Morgan fingerprint density at radius 2 is 2.04 bits per heavy atom. The molecule has 0 spiro atoms. The Hall–Kier alpha value is -2.40. The minimum atomic E-state index is -0.00578. The Kier molecular flexibility index (Phi) is 6.56. The number of aromatic nitrogens is 1. The number of carbonyl (C=O) groups is 1. The largest absolute Gasteiger partial charge is 0.489 e. The van der Waals surface area contributed by atoms with E-state index in [0.29, 0.717) is 13.2 Å². The van der Waals surface area contributed by atoms with Gasteiger partial charge >= 0.3 is 0 Å². The van der Waals surface area contributed by atoms with Crippen LogP contribution >= 0.6 is 0 Å². The Morgan fingerprint density at radius 3 is 2.78 bits per heavy atom. The van der Waals surface area contributed by atoms with E-state index in [9.17, 15) is 4.79 Å². The predicted molar refractivity (Wildman–Crippen MR) is 90.0 cm³/mol. The van der Waals surface area contributed by atoms with Crippen molar-refractivity contribution in [3.8, 4) is 5.75 Å². The number of ether oxygens (including phenoxy) is 1. The highest BCUT2D eigenvalue weighted by Crippen LogP contribution is 2.19. The smallest absolute Gasteiger partial charge is 0.234 e. The molecule has 0 saturated carbocycles. The van der Waals surface area contributed by atoms with E-state index in [1.54, 1.807) is 12.4 Å². The van der Waals surface area contributed by atoms with Crippen LogP contribution in [0.4, 0.5) is 0 Å². The van der Waals surface area contributed by atoms with Crippen molar-refractivity contribution in [1.82, 2.24) is 15.6 Å². The molecule has 1 amide bonds. The standard InChI is InChI=1S/C18H23N3O2/c1-14(2)21-18(22)12-20-11-16-7-3-4-8-17(16)23-13-15-6-5-9-19-10-15/h3-10,14,20H,11-13H2,1-2H3,(H,21,22). The summed E-state index contributed by atoms with van der Waals surface area (Å²) in [6.45, 7) is 5.22. The zero-order valence-electron chi connectivity index (χ0n) is 13.6. The maximum Gasteiger partial charge on any atom is 0.234 e. The fraction of sp³-hybridized carbons (Fsp3) is 0.333. The van der Waals surface area contributed by atoms with Crippen LogP contribution in [-0.4, -0.2) is 23.5 Å². The molecule has 1 aromatic heterocycles. The number of hydrogen-bond acceptors (Lipinski definition) is 4. The second-order valence-electron chi connectivity index (χ2n) is 5.58. The van der Waals surface area contributed by atoms with E-state index in [4.69, 9.17) is 4.74 Å². The minimum absolute atomic E-state index is 0.00578. The number of carbonyl (C=O) groups excluding carboxylic acids is 1. The summed E-state index contributed by atoms with van der Waals surface area (Å²) in [6.07, 6.45) is 3.53. The van der Waals surface area contributed by atoms with Gasteiger partial charge in [-0.3, -0.25) is 9.78 Å². The topological polar surface area (TPSA) is 63.2 Å². The summed E-state index contributed by atoms with van der Waals surface area (Å²) >= 11 is 0. The summed E-state index contributed by atoms with van der Waals surface area (Å²) in [6, 6.07) is 11.8. The Morgan fingerprint density at radius 1 is 1.22 bits per heavy atom. The SMILES string of the molecule is CC(C)NC(=O)CNCc1ccccc1OCc1cccnc1. The van der Waals surface area contributed by atoms with Gasteiger partial charge in [-0.15, -0.1) is 0 Å². The van der Waals surface area contributed by atoms with E-state index in [0.717, 1.165) is 16.9 Å². The van der Waals surface area contributed by atoms with E-state index < -0.39 is 0 Å². The van der Waals surface area contributed by atoms with Gasteiger partial charge in [0.15, 0.2) is 0 Å². The van der Waals surface area contributed by atoms with Crippen LogP contribution in [0.15, 0.2) is 48.8 Å². The quantitative estimate of drug-likeness (QED) is 0.785. The van der Waals surface area contributed by atoms with Crippen molar-refractivity contribution >= 4 is 5.91 Å². The summed E-state index contributed by atoms with van der Waals surface area (Å²) < 4.78 is 5.86. The third-order valence-electron chi connectivity index (χ3n) is 3.14. The van der Waals surface area contributed by atoms with Crippen molar-refractivity contribution in [2.24, 2.45) is 0 Å². The number of para-hydroxylation sites is 1. The van der Waals surface area contributed by atoms with Gasteiger partial charge in [-0.2, -0.15) is 0 Å². The van der Waals surface area contributed by atoms with Gasteiger partial charge in [-0.1, -0.05) is 24.3 Å². The molecule has 2 aromatic rings. The molecule has 5 heteroatoms. The molecule has 0 bridgehead atoms. The fourth-order valence-corrected chi connectivity index (χ4v) is 2.12. The fourth-order valence-electron chi connectivity index (χ4n) is 2.12. The van der Waals surface area contributed by atoms with Crippen LogP contribution in [0.5, 0.6) is 5.75 Å². The van der Waals surface area contributed by atoms with Crippen molar-refractivity contribution in [2.45, 2.75) is 33.0 Å². The highest BCUT2D eigenvalue weighted by atomic mass is 16.5. The lowest BCUT2D eigenvalue weighted by atomic mass is 10.2. The second kappa shape index (κ2) is 8.90. The first kappa shape index (κ1) is 17.0. The summed E-state index contributed by atoms with van der Waals surface area (Å²) in [5, 5.41) is 5.99. The van der Waals surface area contributed by atoms with Crippen molar-refractivity contribution < 1.29 is 9.53 Å². The summed E-state index contributed by atoms with van der Waals surface area (Å²) in [7, 11) is 0. The lowest BCUT2D eigenvalue weighted by Gasteiger charge is -2.13. The number of nitrogens with one attached hydrogen (secondary N) is 2. The molecule has 0 saturated heterocycles. The number of pyridine rings is 1. The van der Waals surface area contributed by atoms with Crippen molar-refractivity contribution in [2.75, 3.05) is 6.54 Å². The zero-order valence-corrected chi connectivity index (χ0v) is 13.6. The molecule has 0 fully saturated rings. The molecule has 5 nitrogen and oxygen atoms in total. The average Bonchev–Trinajstić information content (AvgIpc) is 2.54. The molecule has 0 aliphatic rings. The van der Waals surface area contributed by atoms with E-state index in [1.165, 1.54) is 0 Å². The van der Waals surface area contributed by atoms with Crippen molar-refractivity contribution in [1.29, 1.82) is 0 Å². The summed E-state index contributed by atoms with van der Waals surface area (Å²) in [4.78, 5) is 15.7. The maximum atomic E-state index is 11.6. The van der Waals surface area contributed by atoms with Crippen LogP contribution in [0.3, 0.4) is 0 Å². The number of rotatable bonds is 8. The highest BCUT2D eigenvalue weighted by Gasteiger charge is 2.06. The molecule has 0 radical (unpaired) electrons. The Balaban J connectivity index is 1.86. The normalized spacial score (nSPS) is 10.6. The first-order valence-corrected chi connectivity index (χ1v) is 7.75. The first-order chi connectivity index (χ1) is 11.1. The third kappa shape index (κ3) is 6.08. The molecule has 0 aliphatic carbocycles. The third-order valence-corrected chi connectivity index (χ3v) is 3.14. The van der Waals surface area contributed by atoms with Gasteiger partial charge < -0.3 is 15.4 Å². The summed E-state index contributed by atoms with van der Waals surface area (Å²) in [5.41, 5.74) is 2.04. The molecule has 0 unspecified atom stereocenters. The number of hydrogen-bond donors (Lipinski definition) is 2. The highest BCUT2D eigenvalue weighted by molar-refractivity contribution is 5.78. The lowest BCUT2D eigenvalue weighted by Crippen LogP contribution is -2.37.